The van der Waals surface area contributed by atoms with Crippen molar-refractivity contribution in [1.29, 1.82) is 0 Å². The molecular weight excluding hydrogens is 676 g/mol. The van der Waals surface area contributed by atoms with Crippen molar-refractivity contribution in [2.45, 2.75) is 171 Å². The molecule has 298 valence electrons. The smallest absolute Gasteiger partial charge is 0.187 e. The summed E-state index contributed by atoms with van der Waals surface area (Å²) in [4.78, 5) is 0. The normalized spacial score (nSPS) is 59.0. The highest BCUT2D eigenvalue weighted by atomic mass is 16.7. The minimum atomic E-state index is -1.71. The van der Waals surface area contributed by atoms with Gasteiger partial charge in [-0.3, -0.25) is 0 Å². The van der Waals surface area contributed by atoms with Crippen molar-refractivity contribution in [2.75, 3.05) is 19.8 Å². The van der Waals surface area contributed by atoms with Crippen LogP contribution >= 0.6 is 0 Å². The Labute approximate surface area is 307 Å². The number of fused-ring (bicyclic) bond motifs is 7. The number of aliphatic hydroxyl groups excluding tert-OH is 7. The molecular formula is C39H64O13. The van der Waals surface area contributed by atoms with Crippen molar-refractivity contribution in [3.63, 3.8) is 0 Å². The Bertz CT molecular complexity index is 1260. The van der Waals surface area contributed by atoms with Gasteiger partial charge in [-0.05, 0) is 104 Å². The molecule has 8 fully saturated rings. The second kappa shape index (κ2) is 14.1. The van der Waals surface area contributed by atoms with Crippen molar-refractivity contribution in [3.8, 4) is 0 Å². The quantitative estimate of drug-likeness (QED) is 0.194. The van der Waals surface area contributed by atoms with Crippen LogP contribution in [0.1, 0.15) is 91.9 Å². The summed E-state index contributed by atoms with van der Waals surface area (Å²) < 4.78 is 37.0. The van der Waals surface area contributed by atoms with Crippen molar-refractivity contribution in [1.82, 2.24) is 0 Å². The van der Waals surface area contributed by atoms with Gasteiger partial charge >= 0.3 is 0 Å². The molecule has 4 saturated heterocycles. The number of aliphatic hydroxyl groups is 7. The molecule has 5 unspecified atom stereocenters. The molecule has 0 aromatic carbocycles. The monoisotopic (exact) mass is 740 g/mol. The van der Waals surface area contributed by atoms with Gasteiger partial charge < -0.3 is 64.2 Å². The Morgan fingerprint density at radius 3 is 2.08 bits per heavy atom. The fraction of sp³-hybridized carbons (Fsp3) is 1.00. The van der Waals surface area contributed by atoms with Crippen LogP contribution in [-0.4, -0.2) is 135 Å². The molecule has 0 aromatic rings. The summed E-state index contributed by atoms with van der Waals surface area (Å²) >= 11 is 0. The molecule has 13 nitrogen and oxygen atoms in total. The Balaban J connectivity index is 0.892. The number of hydrogen-bond acceptors (Lipinski definition) is 13. The maximum Gasteiger partial charge on any atom is 0.187 e. The zero-order valence-corrected chi connectivity index (χ0v) is 31.2. The van der Waals surface area contributed by atoms with E-state index in [4.69, 9.17) is 28.4 Å². The summed E-state index contributed by atoms with van der Waals surface area (Å²) in [6.07, 6.45) is -3.66. The highest BCUT2D eigenvalue weighted by molar-refractivity contribution is 5.15. The lowest BCUT2D eigenvalue weighted by Gasteiger charge is -2.61. The van der Waals surface area contributed by atoms with E-state index in [9.17, 15) is 35.7 Å². The van der Waals surface area contributed by atoms with Crippen LogP contribution < -0.4 is 0 Å². The number of ether oxygens (including phenoxy) is 6. The van der Waals surface area contributed by atoms with E-state index in [1.165, 1.54) is 25.7 Å². The Kier molecular flexibility index (Phi) is 10.4. The molecule has 4 saturated carbocycles. The van der Waals surface area contributed by atoms with Crippen LogP contribution in [0.2, 0.25) is 0 Å². The summed E-state index contributed by atoms with van der Waals surface area (Å²) in [6, 6.07) is 0. The minimum Gasteiger partial charge on any atom is -0.394 e. The maximum absolute atomic E-state index is 11.2. The zero-order chi connectivity index (χ0) is 36.9. The molecule has 4 aliphatic heterocycles. The van der Waals surface area contributed by atoms with Crippen LogP contribution in [-0.2, 0) is 28.4 Å². The first-order chi connectivity index (χ1) is 24.7. The van der Waals surface area contributed by atoms with Gasteiger partial charge in [0.25, 0.3) is 0 Å². The topological polar surface area (TPSA) is 197 Å². The molecule has 8 rings (SSSR count). The van der Waals surface area contributed by atoms with Crippen LogP contribution in [0.25, 0.3) is 0 Å². The molecule has 4 heterocycles. The predicted octanol–water partition coefficient (Wildman–Crippen LogP) is 1.44. The van der Waals surface area contributed by atoms with E-state index in [2.05, 4.69) is 27.7 Å². The molecule has 0 radical (unpaired) electrons. The lowest BCUT2D eigenvalue weighted by Crippen LogP contribution is -2.65. The van der Waals surface area contributed by atoms with Gasteiger partial charge in [-0.1, -0.05) is 27.7 Å². The van der Waals surface area contributed by atoms with Gasteiger partial charge in [0.1, 0.15) is 48.8 Å². The highest BCUT2D eigenvalue weighted by Crippen LogP contribution is 2.71. The minimum absolute atomic E-state index is 0.188. The summed E-state index contributed by atoms with van der Waals surface area (Å²) in [5.41, 5.74) is 0.468. The van der Waals surface area contributed by atoms with Crippen LogP contribution in [0.3, 0.4) is 0 Å². The largest absolute Gasteiger partial charge is 0.394 e. The molecule has 13 heteroatoms. The van der Waals surface area contributed by atoms with Gasteiger partial charge in [-0.25, -0.2) is 0 Å². The molecule has 7 N–H and O–H groups in total. The summed E-state index contributed by atoms with van der Waals surface area (Å²) in [5.74, 6) is 3.63. The van der Waals surface area contributed by atoms with Gasteiger partial charge in [0.05, 0.1) is 32.0 Å². The second-order valence-electron chi connectivity index (χ2n) is 18.7. The lowest BCUT2D eigenvalue weighted by atomic mass is 9.44. The van der Waals surface area contributed by atoms with Crippen molar-refractivity contribution >= 4 is 0 Å². The first-order valence-electron chi connectivity index (χ1n) is 20.3. The Morgan fingerprint density at radius 2 is 1.37 bits per heavy atom. The molecule has 4 aliphatic carbocycles. The first-order valence-corrected chi connectivity index (χ1v) is 20.3. The Morgan fingerprint density at radius 1 is 0.673 bits per heavy atom. The molecule has 8 aliphatic rings. The van der Waals surface area contributed by atoms with E-state index in [0.717, 1.165) is 45.1 Å². The molecule has 1 spiro atoms. The van der Waals surface area contributed by atoms with E-state index >= 15 is 0 Å². The second-order valence-corrected chi connectivity index (χ2v) is 18.7. The van der Waals surface area contributed by atoms with Crippen molar-refractivity contribution in [3.05, 3.63) is 0 Å². The Hall–Kier alpha value is -0.520. The van der Waals surface area contributed by atoms with Gasteiger partial charge in [-0.15, -0.1) is 0 Å². The lowest BCUT2D eigenvalue weighted by molar-refractivity contribution is -0.364. The molecule has 22 atom stereocenters. The third-order valence-electron chi connectivity index (χ3n) is 16.2. The zero-order valence-electron chi connectivity index (χ0n) is 31.2. The average Bonchev–Trinajstić information content (AvgIpc) is 3.58. The van der Waals surface area contributed by atoms with E-state index in [1.807, 2.05) is 0 Å². The maximum atomic E-state index is 11.2. The third kappa shape index (κ3) is 5.98. The van der Waals surface area contributed by atoms with Crippen LogP contribution in [0, 0.1) is 52.3 Å². The summed E-state index contributed by atoms with van der Waals surface area (Å²) in [5, 5.41) is 72.8. The van der Waals surface area contributed by atoms with Crippen LogP contribution in [0.4, 0.5) is 0 Å². The standard InChI is InChI=1S/C39H64O13/c1-18-7-12-39(47-17-18)19(2)28-25(52-39)14-24-22-6-5-20-13-21(8-10-37(20,3)23(22)9-11-38(24,28)4)48-35-33(46)31(44)34(27(16-41)50-35)51-36-32(45)30(43)29(42)26(15-40)49-36/h18-36,40-46H,5-17H2,1-4H3/t18-,19+,20+,21+,22?,23?,24?,25?,26-,27-,28?,29+,30+,31-,32-,33-,34-,35-,36+,37+,38+,39-/m1/s1. The molecule has 52 heavy (non-hydrogen) atoms. The van der Waals surface area contributed by atoms with E-state index in [1.54, 1.807) is 0 Å². The summed E-state index contributed by atoms with van der Waals surface area (Å²) in [6.45, 7) is 9.33. The average molecular weight is 741 g/mol. The molecule has 0 bridgehead atoms. The van der Waals surface area contributed by atoms with Gasteiger partial charge in [-0.2, -0.15) is 0 Å². The van der Waals surface area contributed by atoms with Crippen LogP contribution in [0.5, 0.6) is 0 Å². The summed E-state index contributed by atoms with van der Waals surface area (Å²) in [7, 11) is 0. The third-order valence-corrected chi connectivity index (χ3v) is 16.2. The van der Waals surface area contributed by atoms with Gasteiger partial charge in [0, 0.05) is 12.3 Å². The fourth-order valence-corrected chi connectivity index (χ4v) is 13.2. The van der Waals surface area contributed by atoms with Gasteiger partial charge in [0.2, 0.25) is 0 Å². The van der Waals surface area contributed by atoms with E-state index in [0.29, 0.717) is 41.4 Å². The van der Waals surface area contributed by atoms with Crippen molar-refractivity contribution in [2.24, 2.45) is 52.3 Å². The number of rotatable bonds is 6. The highest BCUT2D eigenvalue weighted by Gasteiger charge is 2.69. The molecule has 0 aromatic heterocycles. The van der Waals surface area contributed by atoms with Gasteiger partial charge in [0.15, 0.2) is 18.4 Å². The fourth-order valence-electron chi connectivity index (χ4n) is 13.2. The predicted molar refractivity (Wildman–Crippen MR) is 183 cm³/mol. The van der Waals surface area contributed by atoms with Crippen molar-refractivity contribution < 1.29 is 64.2 Å². The van der Waals surface area contributed by atoms with Crippen LogP contribution in [0.15, 0.2) is 0 Å². The SMILES string of the molecule is C[C@@H]1CC[C@@]2(OC1)OC1CC3C4CC[C@H]5C[C@@H](O[C@@H]6O[C@H](CO)[C@@H](O[C@@H]7O[C@H](CO)[C@H](O)[C@H](O)[C@H]7O)[C@H](O)[C@H]6O)CC[C@]5(C)C4CC[C@]3(C)C1[C@@H]2C. The number of hydrogen-bond donors (Lipinski definition) is 7. The first kappa shape index (κ1) is 38.4. The van der Waals surface area contributed by atoms with E-state index < -0.39 is 80.4 Å². The molecule has 0 amide bonds. The van der Waals surface area contributed by atoms with E-state index in [-0.39, 0.29) is 23.0 Å².